The smallest absolute Gasteiger partial charge is 0.325 e. The molecule has 0 amide bonds. The van der Waals surface area contributed by atoms with E-state index in [0.29, 0.717) is 5.92 Å². The van der Waals surface area contributed by atoms with E-state index in [9.17, 15) is 4.79 Å². The number of halogens is 1. The van der Waals surface area contributed by atoms with Crippen LogP contribution < -0.4 is 0 Å². The van der Waals surface area contributed by atoms with E-state index in [-0.39, 0.29) is 6.54 Å². The molecule has 1 fully saturated rings. The highest BCUT2D eigenvalue weighted by atomic mass is 35.5. The van der Waals surface area contributed by atoms with E-state index in [4.69, 9.17) is 16.7 Å². The molecule has 2 aromatic rings. The maximum atomic E-state index is 10.7. The second-order valence-corrected chi connectivity index (χ2v) is 7.41. The molecule has 1 aliphatic heterocycles. The summed E-state index contributed by atoms with van der Waals surface area (Å²) in [5.74, 6) is -0.492. The van der Waals surface area contributed by atoms with Crippen LogP contribution in [0.15, 0.2) is 24.4 Å². The average Bonchev–Trinajstić information content (AvgIpc) is 3.08. The zero-order valence-electron chi connectivity index (χ0n) is 12.1. The Balaban J connectivity index is 1.62. The van der Waals surface area contributed by atoms with Crippen molar-refractivity contribution in [3.63, 3.8) is 0 Å². The Morgan fingerprint density at radius 3 is 3.05 bits per heavy atom. The maximum Gasteiger partial charge on any atom is 0.325 e. The maximum absolute atomic E-state index is 10.7. The molecule has 0 radical (unpaired) electrons. The van der Waals surface area contributed by atoms with Crippen LogP contribution in [-0.4, -0.2) is 38.8 Å². The van der Waals surface area contributed by atoms with E-state index in [1.165, 1.54) is 9.56 Å². The van der Waals surface area contributed by atoms with Gasteiger partial charge in [0.25, 0.3) is 0 Å². The van der Waals surface area contributed by atoms with Gasteiger partial charge in [0.1, 0.15) is 6.54 Å². The number of piperidine rings is 1. The van der Waals surface area contributed by atoms with E-state index in [1.807, 2.05) is 12.1 Å². The van der Waals surface area contributed by atoms with Gasteiger partial charge in [0, 0.05) is 30.1 Å². The Kier molecular flexibility index (Phi) is 4.81. The van der Waals surface area contributed by atoms with Crippen LogP contribution in [-0.2, 0) is 17.9 Å². The number of hydrogen-bond acceptors (Lipinski definition) is 4. The van der Waals surface area contributed by atoms with Gasteiger partial charge in [0.2, 0.25) is 0 Å². The molecule has 3 heterocycles. The van der Waals surface area contributed by atoms with Gasteiger partial charge in [-0.25, -0.2) is 0 Å². The fraction of sp³-hybridized carbons (Fsp3) is 0.467. The zero-order chi connectivity index (χ0) is 15.5. The van der Waals surface area contributed by atoms with Crippen molar-refractivity contribution in [2.45, 2.75) is 31.8 Å². The molecule has 0 bridgehead atoms. The van der Waals surface area contributed by atoms with Gasteiger partial charge in [-0.2, -0.15) is 5.10 Å². The van der Waals surface area contributed by atoms with Crippen molar-refractivity contribution in [2.24, 2.45) is 0 Å². The van der Waals surface area contributed by atoms with Crippen molar-refractivity contribution in [3.05, 3.63) is 39.3 Å². The molecule has 1 saturated heterocycles. The molecule has 0 saturated carbocycles. The summed E-state index contributed by atoms with van der Waals surface area (Å²) < 4.78 is 2.33. The average molecular weight is 340 g/mol. The van der Waals surface area contributed by atoms with Crippen LogP contribution in [0.2, 0.25) is 4.34 Å². The molecule has 0 spiro atoms. The van der Waals surface area contributed by atoms with E-state index < -0.39 is 5.97 Å². The van der Waals surface area contributed by atoms with Crippen LogP contribution in [0.3, 0.4) is 0 Å². The first-order valence-electron chi connectivity index (χ1n) is 7.32. The number of nitrogens with zero attached hydrogens (tertiary/aromatic N) is 3. The molecule has 1 atom stereocenters. The molecule has 118 valence electrons. The molecule has 5 nitrogen and oxygen atoms in total. The first-order chi connectivity index (χ1) is 10.6. The van der Waals surface area contributed by atoms with Gasteiger partial charge in [-0.3, -0.25) is 14.4 Å². The van der Waals surface area contributed by atoms with Crippen molar-refractivity contribution < 1.29 is 9.90 Å². The molecule has 3 rings (SSSR count). The minimum absolute atomic E-state index is 0.0792. The number of hydrogen-bond donors (Lipinski definition) is 1. The van der Waals surface area contributed by atoms with Crippen LogP contribution in [0.5, 0.6) is 0 Å². The van der Waals surface area contributed by atoms with Gasteiger partial charge < -0.3 is 5.11 Å². The number of carbonyl (C=O) groups is 1. The lowest BCUT2D eigenvalue weighted by Crippen LogP contribution is -2.33. The van der Waals surface area contributed by atoms with Gasteiger partial charge in [-0.05, 0) is 37.6 Å². The number of carboxylic acid groups (broad SMARTS) is 1. The van der Waals surface area contributed by atoms with Crippen LogP contribution in [0, 0.1) is 0 Å². The number of carboxylic acids is 1. The van der Waals surface area contributed by atoms with E-state index in [2.05, 4.69) is 16.1 Å². The normalized spacial score (nSPS) is 19.4. The third-order valence-electron chi connectivity index (χ3n) is 3.89. The predicted octanol–water partition coefficient (Wildman–Crippen LogP) is 3.06. The highest BCUT2D eigenvalue weighted by Crippen LogP contribution is 2.28. The van der Waals surface area contributed by atoms with Gasteiger partial charge >= 0.3 is 5.97 Å². The summed E-state index contributed by atoms with van der Waals surface area (Å²) in [6.07, 6.45) is 3.99. The summed E-state index contributed by atoms with van der Waals surface area (Å²) in [6, 6.07) is 5.97. The SMILES string of the molecule is O=C(O)Cn1ccc([C@@H]2CCCN(Cc3ccc(Cl)s3)C2)n1. The lowest BCUT2D eigenvalue weighted by Gasteiger charge is -2.31. The summed E-state index contributed by atoms with van der Waals surface area (Å²) in [7, 11) is 0. The lowest BCUT2D eigenvalue weighted by atomic mass is 9.95. The molecule has 0 aromatic carbocycles. The fourth-order valence-corrected chi connectivity index (χ4v) is 4.05. The lowest BCUT2D eigenvalue weighted by molar-refractivity contribution is -0.137. The first kappa shape index (κ1) is 15.5. The highest BCUT2D eigenvalue weighted by molar-refractivity contribution is 7.16. The molecule has 1 aliphatic rings. The molecular formula is C15H18ClN3O2S. The van der Waals surface area contributed by atoms with Crippen LogP contribution >= 0.6 is 22.9 Å². The summed E-state index contributed by atoms with van der Waals surface area (Å²) in [5.41, 5.74) is 0.996. The number of aromatic nitrogens is 2. The third-order valence-corrected chi connectivity index (χ3v) is 5.11. The first-order valence-corrected chi connectivity index (χ1v) is 8.51. The number of likely N-dealkylation sites (tertiary alicyclic amines) is 1. The zero-order valence-corrected chi connectivity index (χ0v) is 13.7. The van der Waals surface area contributed by atoms with Crippen LogP contribution in [0.25, 0.3) is 0 Å². The van der Waals surface area contributed by atoms with E-state index >= 15 is 0 Å². The van der Waals surface area contributed by atoms with Crippen molar-refractivity contribution in [1.82, 2.24) is 14.7 Å². The second-order valence-electron chi connectivity index (χ2n) is 5.61. The molecule has 2 aromatic heterocycles. The quantitative estimate of drug-likeness (QED) is 0.909. The Morgan fingerprint density at radius 1 is 1.45 bits per heavy atom. The molecule has 22 heavy (non-hydrogen) atoms. The number of rotatable bonds is 5. The summed E-state index contributed by atoms with van der Waals surface area (Å²) >= 11 is 7.61. The molecule has 0 aliphatic carbocycles. The van der Waals surface area contributed by atoms with Crippen molar-refractivity contribution in [2.75, 3.05) is 13.1 Å². The van der Waals surface area contributed by atoms with Crippen molar-refractivity contribution in [1.29, 1.82) is 0 Å². The van der Waals surface area contributed by atoms with E-state index in [0.717, 1.165) is 42.5 Å². The van der Waals surface area contributed by atoms with Crippen molar-refractivity contribution in [3.8, 4) is 0 Å². The standard InChI is InChI=1S/C15H18ClN3O2S/c16-14-4-3-12(22-14)9-18-6-1-2-11(8-18)13-5-7-19(17-13)10-15(20)21/h3-5,7,11H,1-2,6,8-10H2,(H,20,21)/t11-/m1/s1. The Labute approximate surface area is 138 Å². The van der Waals surface area contributed by atoms with Crippen LogP contribution in [0.4, 0.5) is 0 Å². The largest absolute Gasteiger partial charge is 0.480 e. The van der Waals surface area contributed by atoms with Gasteiger partial charge in [-0.15, -0.1) is 11.3 Å². The minimum atomic E-state index is -0.866. The Morgan fingerprint density at radius 2 is 2.32 bits per heavy atom. The Bertz CT molecular complexity index is 655. The summed E-state index contributed by atoms with van der Waals surface area (Å²) in [5, 5.41) is 13.2. The third kappa shape index (κ3) is 3.88. The number of aliphatic carboxylic acids is 1. The fourth-order valence-electron chi connectivity index (χ4n) is 2.92. The minimum Gasteiger partial charge on any atom is -0.480 e. The van der Waals surface area contributed by atoms with Gasteiger partial charge in [0.05, 0.1) is 10.0 Å². The van der Waals surface area contributed by atoms with Crippen LogP contribution in [0.1, 0.15) is 29.3 Å². The predicted molar refractivity (Wildman–Crippen MR) is 86.4 cm³/mol. The molecule has 7 heteroatoms. The Hall–Kier alpha value is -1.37. The van der Waals surface area contributed by atoms with E-state index in [1.54, 1.807) is 17.5 Å². The highest BCUT2D eigenvalue weighted by Gasteiger charge is 2.23. The molecule has 1 N–H and O–H groups in total. The van der Waals surface area contributed by atoms with Gasteiger partial charge in [-0.1, -0.05) is 11.6 Å². The summed E-state index contributed by atoms with van der Waals surface area (Å²) in [4.78, 5) is 14.4. The molecule has 0 unspecified atom stereocenters. The van der Waals surface area contributed by atoms with Crippen molar-refractivity contribution >= 4 is 28.9 Å². The van der Waals surface area contributed by atoms with Gasteiger partial charge in [0.15, 0.2) is 0 Å². The monoisotopic (exact) mass is 339 g/mol. The second kappa shape index (κ2) is 6.81. The summed E-state index contributed by atoms with van der Waals surface area (Å²) in [6.45, 7) is 2.88. The topological polar surface area (TPSA) is 58.4 Å². The number of thiophene rings is 1. The molecular weight excluding hydrogens is 322 g/mol.